The van der Waals surface area contributed by atoms with Gasteiger partial charge in [0.2, 0.25) is 10.0 Å². The third kappa shape index (κ3) is 4.11. The Balaban J connectivity index is 2.22. The van der Waals surface area contributed by atoms with Crippen molar-refractivity contribution in [3.8, 4) is 0 Å². The summed E-state index contributed by atoms with van der Waals surface area (Å²) in [6.45, 7) is 6.09. The van der Waals surface area contributed by atoms with Gasteiger partial charge in [-0.15, -0.1) is 0 Å². The maximum Gasteiger partial charge on any atom is 0.410 e. The van der Waals surface area contributed by atoms with Gasteiger partial charge in [0.25, 0.3) is 0 Å². The Bertz CT molecular complexity index is 514. The summed E-state index contributed by atoms with van der Waals surface area (Å²) in [5.74, 6) is 0.202. The lowest BCUT2D eigenvalue weighted by Crippen LogP contribution is -2.48. The number of carbonyl (C=O) groups is 1. The molecule has 2 aliphatic rings. The van der Waals surface area contributed by atoms with Crippen molar-refractivity contribution in [1.82, 2.24) is 9.21 Å². The van der Waals surface area contributed by atoms with E-state index in [9.17, 15) is 18.3 Å². The lowest BCUT2D eigenvalue weighted by Gasteiger charge is -2.31. The van der Waals surface area contributed by atoms with Crippen LogP contribution in [-0.4, -0.2) is 72.5 Å². The number of sulfonamides is 1. The highest BCUT2D eigenvalue weighted by atomic mass is 32.2. The molecule has 2 rings (SSSR count). The third-order valence-electron chi connectivity index (χ3n) is 3.99. The predicted octanol–water partition coefficient (Wildman–Crippen LogP) is 0.640. The molecule has 2 saturated heterocycles. The summed E-state index contributed by atoms with van der Waals surface area (Å²) < 4.78 is 31.4. The van der Waals surface area contributed by atoms with Gasteiger partial charge >= 0.3 is 6.09 Å². The molecular weight excluding hydrogens is 308 g/mol. The van der Waals surface area contributed by atoms with Crippen LogP contribution in [0.3, 0.4) is 0 Å². The normalized spacial score (nSPS) is 32.0. The number of amides is 1. The van der Waals surface area contributed by atoms with Crippen molar-refractivity contribution in [3.63, 3.8) is 0 Å². The molecule has 0 aromatic heterocycles. The zero-order valence-electron chi connectivity index (χ0n) is 13.5. The van der Waals surface area contributed by atoms with E-state index in [1.54, 1.807) is 20.8 Å². The van der Waals surface area contributed by atoms with Crippen molar-refractivity contribution in [3.05, 3.63) is 0 Å². The van der Waals surface area contributed by atoms with Gasteiger partial charge in [-0.2, -0.15) is 4.31 Å². The summed E-state index contributed by atoms with van der Waals surface area (Å²) in [6.07, 6.45) is 0.896. The molecule has 1 amide bonds. The van der Waals surface area contributed by atoms with Crippen LogP contribution in [-0.2, 0) is 14.8 Å². The van der Waals surface area contributed by atoms with E-state index in [1.807, 2.05) is 0 Å². The minimum atomic E-state index is -3.37. The van der Waals surface area contributed by atoms with E-state index in [-0.39, 0.29) is 24.8 Å². The van der Waals surface area contributed by atoms with Gasteiger partial charge in [-0.3, -0.25) is 0 Å². The predicted molar refractivity (Wildman–Crippen MR) is 81.9 cm³/mol. The summed E-state index contributed by atoms with van der Waals surface area (Å²) in [5, 5.41) is 9.60. The van der Waals surface area contributed by atoms with Crippen molar-refractivity contribution in [2.75, 3.05) is 32.0 Å². The highest BCUT2D eigenvalue weighted by Crippen LogP contribution is 2.26. The average molecular weight is 334 g/mol. The van der Waals surface area contributed by atoms with E-state index in [0.29, 0.717) is 19.5 Å². The number of hydrogen-bond donors (Lipinski definition) is 1. The number of rotatable bonds is 1. The van der Waals surface area contributed by atoms with E-state index in [4.69, 9.17) is 4.74 Å². The van der Waals surface area contributed by atoms with Crippen LogP contribution in [0.25, 0.3) is 0 Å². The third-order valence-corrected chi connectivity index (χ3v) is 5.96. The molecule has 2 bridgehead atoms. The van der Waals surface area contributed by atoms with E-state index in [1.165, 1.54) is 9.21 Å². The lowest BCUT2D eigenvalue weighted by molar-refractivity contribution is 0.0208. The van der Waals surface area contributed by atoms with Crippen molar-refractivity contribution in [2.45, 2.75) is 45.3 Å². The molecule has 128 valence electrons. The summed E-state index contributed by atoms with van der Waals surface area (Å²) in [4.78, 5) is 13.9. The zero-order valence-corrected chi connectivity index (χ0v) is 14.3. The Kier molecular flexibility index (Phi) is 5.03. The maximum atomic E-state index is 12.3. The average Bonchev–Trinajstić information content (AvgIpc) is 2.64. The lowest BCUT2D eigenvalue weighted by atomic mass is 10.0. The molecule has 0 radical (unpaired) electrons. The van der Waals surface area contributed by atoms with Crippen molar-refractivity contribution in [2.24, 2.45) is 5.92 Å². The topological polar surface area (TPSA) is 87.2 Å². The fourth-order valence-electron chi connectivity index (χ4n) is 3.01. The van der Waals surface area contributed by atoms with Gasteiger partial charge in [0, 0.05) is 19.6 Å². The number of aliphatic hydroxyl groups is 1. The fourth-order valence-corrected chi connectivity index (χ4v) is 4.80. The second kappa shape index (κ2) is 6.33. The second-order valence-corrected chi connectivity index (χ2v) is 9.16. The number of aliphatic hydroxyl groups excluding tert-OH is 1. The minimum absolute atomic E-state index is 0.0846. The molecule has 8 heteroatoms. The molecule has 2 heterocycles. The van der Waals surface area contributed by atoms with E-state index >= 15 is 0 Å². The van der Waals surface area contributed by atoms with Crippen LogP contribution in [0, 0.1) is 5.92 Å². The Morgan fingerprint density at radius 3 is 2.55 bits per heavy atom. The fraction of sp³-hybridized carbons (Fsp3) is 0.929. The minimum Gasteiger partial charge on any atom is -0.444 e. The summed E-state index contributed by atoms with van der Waals surface area (Å²) in [6, 6.07) is -0.597. The number of ether oxygens (including phenoxy) is 1. The molecular formula is C14H26N2O5S. The number of carbonyl (C=O) groups excluding carboxylic acids is 1. The van der Waals surface area contributed by atoms with Crippen LogP contribution in [0.1, 0.15) is 33.6 Å². The summed E-state index contributed by atoms with van der Waals surface area (Å²) in [5.41, 5.74) is -0.601. The Morgan fingerprint density at radius 1 is 1.27 bits per heavy atom. The number of nitrogens with zero attached hydrogens (tertiary/aromatic N) is 2. The Morgan fingerprint density at radius 2 is 1.95 bits per heavy atom. The molecule has 0 spiro atoms. The van der Waals surface area contributed by atoms with Crippen molar-refractivity contribution < 1.29 is 23.1 Å². The first kappa shape index (κ1) is 17.5. The van der Waals surface area contributed by atoms with E-state index < -0.39 is 27.8 Å². The molecule has 1 N–H and O–H groups in total. The molecule has 0 saturated carbocycles. The van der Waals surface area contributed by atoms with Gasteiger partial charge in [-0.25, -0.2) is 13.2 Å². The van der Waals surface area contributed by atoms with Gasteiger partial charge < -0.3 is 14.7 Å². The standard InChI is InChI=1S/C14H26N2O5S/c1-14(2,3)21-13(18)15-7-11-5-4-6-22(19,20)16(8-11)12(9-15)10-17/h11-12,17H,4-10H2,1-3H3. The molecule has 7 nitrogen and oxygen atoms in total. The molecule has 3 atom stereocenters. The molecule has 3 unspecified atom stereocenters. The van der Waals surface area contributed by atoms with Crippen LogP contribution in [0.2, 0.25) is 0 Å². The Labute approximate surface area is 132 Å². The van der Waals surface area contributed by atoms with Crippen LogP contribution >= 0.6 is 0 Å². The number of hydrogen-bond acceptors (Lipinski definition) is 5. The highest BCUT2D eigenvalue weighted by molar-refractivity contribution is 7.89. The zero-order chi connectivity index (χ0) is 16.5. The van der Waals surface area contributed by atoms with Gasteiger partial charge in [-0.05, 0) is 39.5 Å². The van der Waals surface area contributed by atoms with Crippen LogP contribution in [0.15, 0.2) is 0 Å². The van der Waals surface area contributed by atoms with Crippen LogP contribution in [0.4, 0.5) is 4.79 Å². The van der Waals surface area contributed by atoms with E-state index in [0.717, 1.165) is 6.42 Å². The number of fused-ring (bicyclic) bond motifs is 2. The summed E-state index contributed by atoms with van der Waals surface area (Å²) in [7, 11) is -3.37. The smallest absolute Gasteiger partial charge is 0.410 e. The van der Waals surface area contributed by atoms with Crippen molar-refractivity contribution in [1.29, 1.82) is 0 Å². The molecule has 22 heavy (non-hydrogen) atoms. The van der Waals surface area contributed by atoms with Gasteiger partial charge in [0.15, 0.2) is 0 Å². The first-order chi connectivity index (χ1) is 10.1. The maximum absolute atomic E-state index is 12.3. The Hall–Kier alpha value is -0.860. The van der Waals surface area contributed by atoms with Gasteiger partial charge in [-0.1, -0.05) is 0 Å². The molecule has 0 aromatic rings. The molecule has 0 aromatic carbocycles. The van der Waals surface area contributed by atoms with Crippen LogP contribution < -0.4 is 0 Å². The second-order valence-electron chi connectivity index (χ2n) is 7.12. The first-order valence-electron chi connectivity index (χ1n) is 7.70. The molecule has 2 fully saturated rings. The quantitative estimate of drug-likeness (QED) is 0.760. The monoisotopic (exact) mass is 334 g/mol. The van der Waals surface area contributed by atoms with Crippen molar-refractivity contribution >= 4 is 16.1 Å². The molecule has 2 aliphatic heterocycles. The van der Waals surface area contributed by atoms with Gasteiger partial charge in [0.05, 0.1) is 18.4 Å². The van der Waals surface area contributed by atoms with Crippen LogP contribution in [0.5, 0.6) is 0 Å². The SMILES string of the molecule is CC(C)(C)OC(=O)N1CC2CCCS(=O)(=O)N(C2)C(CO)C1. The van der Waals surface area contributed by atoms with Gasteiger partial charge in [0.1, 0.15) is 5.60 Å². The summed E-state index contributed by atoms with van der Waals surface area (Å²) >= 11 is 0. The largest absolute Gasteiger partial charge is 0.444 e. The molecule has 0 aliphatic carbocycles. The van der Waals surface area contributed by atoms with E-state index in [2.05, 4.69) is 0 Å². The highest BCUT2D eigenvalue weighted by Gasteiger charge is 2.40. The first-order valence-corrected chi connectivity index (χ1v) is 9.31.